The van der Waals surface area contributed by atoms with Crippen molar-refractivity contribution in [3.63, 3.8) is 0 Å². The Morgan fingerprint density at radius 3 is 2.81 bits per heavy atom. The molecule has 2 aromatic rings. The van der Waals surface area contributed by atoms with Crippen LogP contribution in [0.1, 0.15) is 12.0 Å². The van der Waals surface area contributed by atoms with Crippen LogP contribution in [-0.2, 0) is 17.8 Å². The van der Waals surface area contributed by atoms with E-state index < -0.39 is 0 Å². The van der Waals surface area contributed by atoms with Crippen LogP contribution in [-0.4, -0.2) is 28.3 Å². The number of anilines is 1. The molecular weight excluding hydrogens is 332 g/mol. The minimum atomic E-state index is -0.0997. The van der Waals surface area contributed by atoms with Gasteiger partial charge in [-0.15, -0.1) is 0 Å². The summed E-state index contributed by atoms with van der Waals surface area (Å²) in [5.74, 6) is 0.0864. The molecule has 1 amide bonds. The topological polar surface area (TPSA) is 59.0 Å². The van der Waals surface area contributed by atoms with Gasteiger partial charge in [0.2, 0.25) is 5.91 Å². The normalized spacial score (nSPS) is 17.8. The van der Waals surface area contributed by atoms with Crippen LogP contribution in [0.5, 0.6) is 0 Å². The van der Waals surface area contributed by atoms with E-state index in [2.05, 4.69) is 43.8 Å². The predicted molar refractivity (Wildman–Crippen MR) is 85.1 cm³/mol. The molecule has 0 spiro atoms. The number of carbonyl (C=O) groups excluding carboxylic acids is 1. The van der Waals surface area contributed by atoms with E-state index in [4.69, 9.17) is 0 Å². The molecule has 1 aromatic heterocycles. The number of amides is 1. The first kappa shape index (κ1) is 14.1. The number of carbonyl (C=O) groups is 1. The summed E-state index contributed by atoms with van der Waals surface area (Å²) < 4.78 is 2.91. The van der Waals surface area contributed by atoms with Gasteiger partial charge in [0.25, 0.3) is 0 Å². The van der Waals surface area contributed by atoms with Crippen molar-refractivity contribution in [2.45, 2.75) is 25.4 Å². The Kier molecular flexibility index (Phi) is 4.24. The second-order valence-corrected chi connectivity index (χ2v) is 6.06. The molecule has 0 bridgehead atoms. The van der Waals surface area contributed by atoms with Crippen LogP contribution in [0, 0.1) is 0 Å². The van der Waals surface area contributed by atoms with Crippen molar-refractivity contribution in [3.8, 4) is 0 Å². The van der Waals surface area contributed by atoms with Gasteiger partial charge in [0.1, 0.15) is 6.04 Å². The first-order valence-corrected chi connectivity index (χ1v) is 7.81. The minimum absolute atomic E-state index is 0.0864. The smallest absolute Gasteiger partial charge is 0.242 e. The number of nitrogens with one attached hydrogen (secondary N) is 2. The Labute approximate surface area is 131 Å². The summed E-state index contributed by atoms with van der Waals surface area (Å²) in [6.45, 7) is 1.61. The van der Waals surface area contributed by atoms with E-state index in [0.29, 0.717) is 0 Å². The van der Waals surface area contributed by atoms with Crippen molar-refractivity contribution in [1.82, 2.24) is 15.1 Å². The van der Waals surface area contributed by atoms with Gasteiger partial charge >= 0.3 is 0 Å². The van der Waals surface area contributed by atoms with Gasteiger partial charge in [-0.1, -0.05) is 12.1 Å². The highest BCUT2D eigenvalue weighted by atomic mass is 79.9. The Balaban J connectivity index is 1.55. The van der Waals surface area contributed by atoms with E-state index in [0.717, 1.165) is 36.1 Å². The summed E-state index contributed by atoms with van der Waals surface area (Å²) in [4.78, 5) is 11.5. The second-order valence-electron chi connectivity index (χ2n) is 5.15. The van der Waals surface area contributed by atoms with Crippen LogP contribution in [0.15, 0.2) is 41.1 Å². The van der Waals surface area contributed by atoms with Crippen molar-refractivity contribution in [2.24, 2.45) is 0 Å². The molecule has 0 radical (unpaired) electrons. The quantitative estimate of drug-likeness (QED) is 0.870. The highest BCUT2D eigenvalue weighted by molar-refractivity contribution is 9.10. The molecule has 3 rings (SSSR count). The molecule has 1 aliphatic rings. The van der Waals surface area contributed by atoms with E-state index in [9.17, 15) is 4.79 Å². The highest BCUT2D eigenvalue weighted by Crippen LogP contribution is 2.15. The average Bonchev–Trinajstić information content (AvgIpc) is 3.08. The number of nitrogens with zero attached hydrogens (tertiary/aromatic N) is 2. The summed E-state index contributed by atoms with van der Waals surface area (Å²) in [6.07, 6.45) is 5.53. The fourth-order valence-electron chi connectivity index (χ4n) is 2.40. The molecule has 110 valence electrons. The lowest BCUT2D eigenvalue weighted by Crippen LogP contribution is -2.29. The molecule has 0 unspecified atom stereocenters. The number of benzene rings is 1. The molecule has 1 aromatic carbocycles. The van der Waals surface area contributed by atoms with Crippen molar-refractivity contribution < 1.29 is 4.79 Å². The fourth-order valence-corrected chi connectivity index (χ4v) is 2.73. The van der Waals surface area contributed by atoms with Crippen LogP contribution in [0.2, 0.25) is 0 Å². The van der Waals surface area contributed by atoms with Crippen LogP contribution in [0.25, 0.3) is 0 Å². The number of aromatic nitrogens is 2. The molecule has 1 atom stereocenters. The molecular formula is C15H17BrN4O. The summed E-state index contributed by atoms with van der Waals surface area (Å²) in [5.41, 5.74) is 2.24. The number of hydrogen-bond donors (Lipinski definition) is 2. The Morgan fingerprint density at radius 1 is 1.38 bits per heavy atom. The third-order valence-corrected chi connectivity index (χ3v) is 3.98. The maximum atomic E-state index is 11.5. The van der Waals surface area contributed by atoms with Gasteiger partial charge in [0.05, 0.1) is 10.7 Å². The van der Waals surface area contributed by atoms with E-state index in [-0.39, 0.29) is 11.9 Å². The van der Waals surface area contributed by atoms with Crippen molar-refractivity contribution in [3.05, 3.63) is 46.7 Å². The summed E-state index contributed by atoms with van der Waals surface area (Å²) in [7, 11) is 0. The molecule has 1 aliphatic heterocycles. The lowest BCUT2D eigenvalue weighted by atomic mass is 10.1. The average molecular weight is 349 g/mol. The monoisotopic (exact) mass is 348 g/mol. The van der Waals surface area contributed by atoms with E-state index in [1.165, 1.54) is 5.56 Å². The molecule has 21 heavy (non-hydrogen) atoms. The van der Waals surface area contributed by atoms with Crippen molar-refractivity contribution in [1.29, 1.82) is 0 Å². The van der Waals surface area contributed by atoms with E-state index in [1.807, 2.05) is 23.0 Å². The zero-order chi connectivity index (χ0) is 14.7. The van der Waals surface area contributed by atoms with Gasteiger partial charge in [-0.2, -0.15) is 5.10 Å². The third kappa shape index (κ3) is 3.64. The summed E-state index contributed by atoms with van der Waals surface area (Å²) in [5, 5.41) is 10.3. The van der Waals surface area contributed by atoms with Gasteiger partial charge in [-0.25, -0.2) is 0 Å². The first-order valence-electron chi connectivity index (χ1n) is 7.02. The Hall–Kier alpha value is -1.82. The van der Waals surface area contributed by atoms with E-state index in [1.54, 1.807) is 6.20 Å². The van der Waals surface area contributed by atoms with E-state index >= 15 is 0 Å². The van der Waals surface area contributed by atoms with Gasteiger partial charge in [0.15, 0.2) is 0 Å². The number of rotatable bonds is 5. The first-order chi connectivity index (χ1) is 10.2. The Bertz CT molecular complexity index is 623. The predicted octanol–water partition coefficient (Wildman–Crippen LogP) is 2.19. The lowest BCUT2D eigenvalue weighted by molar-refractivity contribution is -0.119. The standard InChI is InChI=1S/C15H17BrN4O/c16-12-9-18-20(10-12)8-6-11-1-3-13(4-2-11)19-14-5-7-17-15(14)21/h1-4,9-10,14,19H,5-8H2,(H,17,21)/t14-/m1/s1. The van der Waals surface area contributed by atoms with Gasteiger partial charge in [-0.3, -0.25) is 9.48 Å². The number of aryl methyl sites for hydroxylation is 2. The minimum Gasteiger partial charge on any atom is -0.374 e. The SMILES string of the molecule is O=C1NCC[C@H]1Nc1ccc(CCn2cc(Br)cn2)cc1. The Morgan fingerprint density at radius 2 is 2.19 bits per heavy atom. The molecule has 2 N–H and O–H groups in total. The molecule has 0 aliphatic carbocycles. The molecule has 5 nitrogen and oxygen atoms in total. The summed E-state index contributed by atoms with van der Waals surface area (Å²) in [6, 6.07) is 8.14. The van der Waals surface area contributed by atoms with Crippen LogP contribution in [0.3, 0.4) is 0 Å². The van der Waals surface area contributed by atoms with Crippen LogP contribution >= 0.6 is 15.9 Å². The van der Waals surface area contributed by atoms with Gasteiger partial charge < -0.3 is 10.6 Å². The van der Waals surface area contributed by atoms with Crippen LogP contribution in [0.4, 0.5) is 5.69 Å². The van der Waals surface area contributed by atoms with Crippen molar-refractivity contribution >= 4 is 27.5 Å². The largest absolute Gasteiger partial charge is 0.374 e. The zero-order valence-electron chi connectivity index (χ0n) is 11.6. The summed E-state index contributed by atoms with van der Waals surface area (Å²) >= 11 is 3.39. The number of hydrogen-bond acceptors (Lipinski definition) is 3. The van der Waals surface area contributed by atoms with Crippen LogP contribution < -0.4 is 10.6 Å². The lowest BCUT2D eigenvalue weighted by Gasteiger charge is -2.12. The number of halogens is 1. The molecule has 6 heteroatoms. The third-order valence-electron chi connectivity index (χ3n) is 3.57. The molecule has 0 saturated carbocycles. The zero-order valence-corrected chi connectivity index (χ0v) is 13.1. The molecule has 1 saturated heterocycles. The van der Waals surface area contributed by atoms with Gasteiger partial charge in [-0.05, 0) is 46.5 Å². The maximum absolute atomic E-state index is 11.5. The van der Waals surface area contributed by atoms with Crippen molar-refractivity contribution in [2.75, 3.05) is 11.9 Å². The molecule has 2 heterocycles. The highest BCUT2D eigenvalue weighted by Gasteiger charge is 2.23. The molecule has 1 fully saturated rings. The second kappa shape index (κ2) is 6.30. The fraction of sp³-hybridized carbons (Fsp3) is 0.333. The van der Waals surface area contributed by atoms with Gasteiger partial charge in [0, 0.05) is 25.0 Å². The maximum Gasteiger partial charge on any atom is 0.242 e.